The monoisotopic (exact) mass is 318 g/mol. The van der Waals surface area contributed by atoms with E-state index in [0.717, 1.165) is 5.56 Å². The van der Waals surface area contributed by atoms with Gasteiger partial charge in [-0.1, -0.05) is 12.1 Å². The molecular weight excluding hydrogens is 300 g/mol. The van der Waals surface area contributed by atoms with E-state index in [4.69, 9.17) is 0 Å². The predicted octanol–water partition coefficient (Wildman–Crippen LogP) is 3.41. The van der Waals surface area contributed by atoms with Crippen molar-refractivity contribution in [1.82, 2.24) is 10.2 Å². The van der Waals surface area contributed by atoms with Crippen molar-refractivity contribution in [3.8, 4) is 0 Å². The van der Waals surface area contributed by atoms with Gasteiger partial charge in [-0.25, -0.2) is 0 Å². The maximum Gasteiger partial charge on any atom is 0.238 e. The van der Waals surface area contributed by atoms with Gasteiger partial charge >= 0.3 is 0 Å². The minimum Gasteiger partial charge on any atom is -0.317 e. The average molecular weight is 318 g/mol. The second kappa shape index (κ2) is 6.22. The summed E-state index contributed by atoms with van der Waals surface area (Å²) in [5, 5.41) is 7.58. The topological polar surface area (TPSA) is 32.3 Å². The molecule has 1 fully saturated rings. The van der Waals surface area contributed by atoms with Gasteiger partial charge in [-0.3, -0.25) is 10.1 Å². The van der Waals surface area contributed by atoms with E-state index in [2.05, 4.69) is 53.5 Å². The molecule has 0 aliphatic carbocycles. The lowest BCUT2D eigenvalue weighted by atomic mass is 10.1. The van der Waals surface area contributed by atoms with Crippen LogP contribution >= 0.6 is 23.1 Å². The van der Waals surface area contributed by atoms with Gasteiger partial charge < -0.3 is 4.90 Å². The van der Waals surface area contributed by atoms with Gasteiger partial charge in [0, 0.05) is 11.4 Å². The fourth-order valence-electron chi connectivity index (χ4n) is 2.54. The van der Waals surface area contributed by atoms with Crippen LogP contribution < -0.4 is 5.32 Å². The molecule has 1 saturated heterocycles. The third-order valence-electron chi connectivity index (χ3n) is 3.81. The molecule has 3 nitrogen and oxygen atoms in total. The minimum absolute atomic E-state index is 0.0206. The number of thiophene rings is 1. The van der Waals surface area contributed by atoms with Crippen LogP contribution in [0.3, 0.4) is 0 Å². The first kappa shape index (κ1) is 14.6. The number of hydrogen-bond acceptors (Lipinski definition) is 4. The third-order valence-corrected chi connectivity index (χ3v) is 5.47. The molecule has 1 aliphatic heterocycles. The maximum atomic E-state index is 12.2. The molecule has 21 heavy (non-hydrogen) atoms. The van der Waals surface area contributed by atoms with Gasteiger partial charge in [-0.15, -0.1) is 11.8 Å². The van der Waals surface area contributed by atoms with Gasteiger partial charge in [-0.05, 0) is 52.8 Å². The Kier molecular flexibility index (Phi) is 4.33. The Morgan fingerprint density at radius 1 is 1.33 bits per heavy atom. The van der Waals surface area contributed by atoms with Crippen molar-refractivity contribution in [2.45, 2.75) is 24.5 Å². The standard InChI is InChI=1S/C16H18N2OS2/c1-11-9-21-10-13(11)8-18-15(19)7-17-16(18)12-3-5-14(20-2)6-4-12/h3-6,9-10,16-17H,7-8H2,1-2H3. The molecule has 1 unspecified atom stereocenters. The van der Waals surface area contributed by atoms with Crippen LogP contribution in [0.5, 0.6) is 0 Å². The normalized spacial score (nSPS) is 18.5. The number of nitrogens with zero attached hydrogens (tertiary/aromatic N) is 1. The van der Waals surface area contributed by atoms with Gasteiger partial charge in [0.2, 0.25) is 5.91 Å². The fraction of sp³-hybridized carbons (Fsp3) is 0.312. The Morgan fingerprint density at radius 2 is 2.10 bits per heavy atom. The van der Waals surface area contributed by atoms with Crippen LogP contribution in [0.15, 0.2) is 39.9 Å². The molecule has 1 aromatic heterocycles. The van der Waals surface area contributed by atoms with Crippen molar-refractivity contribution in [1.29, 1.82) is 0 Å². The van der Waals surface area contributed by atoms with Crippen molar-refractivity contribution in [2.75, 3.05) is 12.8 Å². The SMILES string of the molecule is CSc1ccc(C2NCC(=O)N2Cc2cscc2C)cc1. The first-order valence-electron chi connectivity index (χ1n) is 6.87. The molecule has 0 saturated carbocycles. The summed E-state index contributed by atoms with van der Waals surface area (Å²) in [5.41, 5.74) is 3.64. The van der Waals surface area contributed by atoms with Crippen LogP contribution in [0.2, 0.25) is 0 Å². The molecule has 1 aromatic carbocycles. The molecule has 5 heteroatoms. The number of aryl methyl sites for hydroxylation is 1. The first-order valence-corrected chi connectivity index (χ1v) is 9.04. The van der Waals surface area contributed by atoms with Crippen LogP contribution in [0.25, 0.3) is 0 Å². The fourth-order valence-corrected chi connectivity index (χ4v) is 3.79. The molecule has 1 N–H and O–H groups in total. The van der Waals surface area contributed by atoms with Crippen molar-refractivity contribution < 1.29 is 4.79 Å². The van der Waals surface area contributed by atoms with Gasteiger partial charge in [0.15, 0.2) is 0 Å². The van der Waals surface area contributed by atoms with Crippen molar-refractivity contribution in [2.24, 2.45) is 0 Å². The Labute approximate surface area is 133 Å². The van der Waals surface area contributed by atoms with E-state index in [1.807, 2.05) is 4.90 Å². The molecule has 2 heterocycles. The smallest absolute Gasteiger partial charge is 0.238 e. The van der Waals surface area contributed by atoms with Crippen molar-refractivity contribution in [3.63, 3.8) is 0 Å². The summed E-state index contributed by atoms with van der Waals surface area (Å²) < 4.78 is 0. The molecule has 1 atom stereocenters. The predicted molar refractivity (Wildman–Crippen MR) is 88.6 cm³/mol. The molecule has 0 bridgehead atoms. The van der Waals surface area contributed by atoms with E-state index in [0.29, 0.717) is 13.1 Å². The zero-order valence-corrected chi connectivity index (χ0v) is 13.8. The molecule has 0 radical (unpaired) electrons. The number of nitrogens with one attached hydrogen (secondary N) is 1. The van der Waals surface area contributed by atoms with E-state index >= 15 is 0 Å². The van der Waals surface area contributed by atoms with Crippen molar-refractivity contribution in [3.05, 3.63) is 51.7 Å². The molecular formula is C16H18N2OS2. The van der Waals surface area contributed by atoms with Gasteiger partial charge in [-0.2, -0.15) is 11.3 Å². The summed E-state index contributed by atoms with van der Waals surface area (Å²) in [6.45, 7) is 3.19. The zero-order valence-electron chi connectivity index (χ0n) is 12.1. The highest BCUT2D eigenvalue weighted by atomic mass is 32.2. The summed E-state index contributed by atoms with van der Waals surface area (Å²) in [7, 11) is 0. The highest BCUT2D eigenvalue weighted by Crippen LogP contribution is 2.27. The summed E-state index contributed by atoms with van der Waals surface area (Å²) in [6, 6.07) is 8.43. The van der Waals surface area contributed by atoms with E-state index in [1.54, 1.807) is 23.1 Å². The van der Waals surface area contributed by atoms with E-state index in [-0.39, 0.29) is 12.1 Å². The molecule has 110 valence electrons. The Hall–Kier alpha value is -1.30. The van der Waals surface area contributed by atoms with Crippen molar-refractivity contribution >= 4 is 29.0 Å². The lowest BCUT2D eigenvalue weighted by molar-refractivity contribution is -0.128. The van der Waals surface area contributed by atoms with E-state index in [9.17, 15) is 4.79 Å². The van der Waals surface area contributed by atoms with Crippen LogP contribution in [0.4, 0.5) is 0 Å². The zero-order chi connectivity index (χ0) is 14.8. The van der Waals surface area contributed by atoms with Crippen LogP contribution in [0.1, 0.15) is 22.9 Å². The average Bonchev–Trinajstić information content (AvgIpc) is 3.07. The summed E-state index contributed by atoms with van der Waals surface area (Å²) in [5.74, 6) is 0.166. The highest BCUT2D eigenvalue weighted by Gasteiger charge is 2.31. The number of hydrogen-bond donors (Lipinski definition) is 1. The molecule has 1 amide bonds. The van der Waals surface area contributed by atoms with Gasteiger partial charge in [0.25, 0.3) is 0 Å². The van der Waals surface area contributed by atoms with E-state index < -0.39 is 0 Å². The largest absolute Gasteiger partial charge is 0.317 e. The number of benzene rings is 1. The highest BCUT2D eigenvalue weighted by molar-refractivity contribution is 7.98. The summed E-state index contributed by atoms with van der Waals surface area (Å²) >= 11 is 3.42. The third kappa shape index (κ3) is 3.00. The molecule has 1 aliphatic rings. The minimum atomic E-state index is -0.0206. The second-order valence-corrected chi connectivity index (χ2v) is 6.78. The van der Waals surface area contributed by atoms with Crippen LogP contribution in [-0.4, -0.2) is 23.6 Å². The Bertz CT molecular complexity index is 636. The molecule has 2 aromatic rings. The number of carbonyl (C=O) groups is 1. The molecule has 0 spiro atoms. The number of carbonyl (C=O) groups excluding carboxylic acids is 1. The number of amides is 1. The van der Waals surface area contributed by atoms with Gasteiger partial charge in [0.1, 0.15) is 6.17 Å². The maximum absolute atomic E-state index is 12.2. The summed E-state index contributed by atoms with van der Waals surface area (Å²) in [6.07, 6.45) is 2.05. The van der Waals surface area contributed by atoms with Crippen LogP contribution in [0, 0.1) is 6.92 Å². The Balaban J connectivity index is 1.83. The second-order valence-electron chi connectivity index (χ2n) is 5.16. The van der Waals surface area contributed by atoms with Crippen LogP contribution in [-0.2, 0) is 11.3 Å². The van der Waals surface area contributed by atoms with Gasteiger partial charge in [0.05, 0.1) is 6.54 Å². The lowest BCUT2D eigenvalue weighted by Crippen LogP contribution is -2.29. The molecule has 3 rings (SSSR count). The summed E-state index contributed by atoms with van der Waals surface area (Å²) in [4.78, 5) is 15.4. The van der Waals surface area contributed by atoms with E-state index in [1.165, 1.54) is 16.0 Å². The first-order chi connectivity index (χ1) is 10.2. The lowest BCUT2D eigenvalue weighted by Gasteiger charge is -2.25. The number of thioether (sulfide) groups is 1. The number of rotatable bonds is 4. The Morgan fingerprint density at radius 3 is 2.71 bits per heavy atom. The quantitative estimate of drug-likeness (QED) is 0.877.